The van der Waals surface area contributed by atoms with Crippen molar-refractivity contribution < 1.29 is 9.53 Å². The number of carbonyl (C=O) groups is 1. The first-order valence-electron chi connectivity index (χ1n) is 9.30. The van der Waals surface area contributed by atoms with Crippen LogP contribution in [-0.4, -0.2) is 45.5 Å². The van der Waals surface area contributed by atoms with Gasteiger partial charge >= 0.3 is 0 Å². The number of aryl methyl sites for hydroxylation is 1. The zero-order chi connectivity index (χ0) is 19.7. The van der Waals surface area contributed by atoms with E-state index in [0.29, 0.717) is 11.5 Å². The maximum absolute atomic E-state index is 12.7. The van der Waals surface area contributed by atoms with Crippen LogP contribution in [0.25, 0.3) is 4.96 Å². The van der Waals surface area contributed by atoms with Crippen LogP contribution < -0.4 is 10.3 Å². The summed E-state index contributed by atoms with van der Waals surface area (Å²) < 4.78 is 6.50. The molecule has 0 bridgehead atoms. The molecule has 0 atom stereocenters. The molecular formula is C20H22N4O3S. The normalized spacial score (nSPS) is 15.8. The fraction of sp³-hybridized carbons (Fsp3) is 0.400. The summed E-state index contributed by atoms with van der Waals surface area (Å²) in [6.45, 7) is 4.11. The number of aromatic nitrogens is 3. The number of rotatable bonds is 5. The van der Waals surface area contributed by atoms with Crippen LogP contribution in [0.1, 0.15) is 33.9 Å². The second kappa shape index (κ2) is 7.81. The van der Waals surface area contributed by atoms with E-state index in [-0.39, 0.29) is 17.3 Å². The first kappa shape index (κ1) is 18.8. The molecule has 3 heterocycles. The van der Waals surface area contributed by atoms with E-state index in [2.05, 4.69) is 15.0 Å². The Morgan fingerprint density at radius 3 is 2.64 bits per heavy atom. The van der Waals surface area contributed by atoms with Crippen LogP contribution in [-0.2, 0) is 6.54 Å². The Bertz CT molecular complexity index is 1050. The average Bonchev–Trinajstić information content (AvgIpc) is 3.09. The molecule has 3 aromatic rings. The molecule has 0 N–H and O–H groups in total. The van der Waals surface area contributed by atoms with Gasteiger partial charge in [-0.25, -0.2) is 4.98 Å². The van der Waals surface area contributed by atoms with Crippen molar-refractivity contribution in [2.75, 3.05) is 20.2 Å². The topological polar surface area (TPSA) is 76.8 Å². The maximum atomic E-state index is 12.7. The Balaban J connectivity index is 1.38. The molecule has 0 saturated carbocycles. The van der Waals surface area contributed by atoms with Gasteiger partial charge < -0.3 is 4.74 Å². The predicted molar refractivity (Wildman–Crippen MR) is 107 cm³/mol. The van der Waals surface area contributed by atoms with Crippen molar-refractivity contribution in [2.45, 2.75) is 26.3 Å². The summed E-state index contributed by atoms with van der Waals surface area (Å²) in [6, 6.07) is 8.86. The lowest BCUT2D eigenvalue weighted by molar-refractivity contribution is 0.0834. The maximum Gasteiger partial charge on any atom is 0.275 e. The van der Waals surface area contributed by atoms with Crippen molar-refractivity contribution in [3.8, 4) is 5.75 Å². The highest BCUT2D eigenvalue weighted by Crippen LogP contribution is 2.24. The van der Waals surface area contributed by atoms with Crippen LogP contribution in [0, 0.1) is 12.8 Å². The highest BCUT2D eigenvalue weighted by molar-refractivity contribution is 7.16. The van der Waals surface area contributed by atoms with Crippen LogP contribution >= 0.6 is 11.3 Å². The number of nitrogens with zero attached hydrogens (tertiary/aromatic N) is 4. The minimum absolute atomic E-state index is 0.0369. The molecule has 2 aromatic heterocycles. The second-order valence-corrected chi connectivity index (χ2v) is 8.20. The van der Waals surface area contributed by atoms with Crippen molar-refractivity contribution in [2.24, 2.45) is 5.92 Å². The van der Waals surface area contributed by atoms with Crippen molar-refractivity contribution in [1.82, 2.24) is 19.5 Å². The van der Waals surface area contributed by atoms with Gasteiger partial charge in [-0.3, -0.25) is 14.5 Å². The van der Waals surface area contributed by atoms with Crippen LogP contribution in [0.3, 0.4) is 0 Å². The Morgan fingerprint density at radius 1 is 1.25 bits per heavy atom. The number of Topliss-reactive ketones (excluding diaryl/α,β-unsaturated/α-hetero) is 1. The summed E-state index contributed by atoms with van der Waals surface area (Å²) in [5.41, 5.74) is 1.35. The third kappa shape index (κ3) is 3.83. The van der Waals surface area contributed by atoms with E-state index in [1.54, 1.807) is 13.2 Å². The lowest BCUT2D eigenvalue weighted by Crippen LogP contribution is -2.36. The first-order chi connectivity index (χ1) is 13.5. The standard InChI is InChI=1S/C20H22N4O3S/c1-13-22-24-18(25)11-16(21-20(24)28-13)12-23-9-7-15(8-10-23)19(26)14-3-5-17(27-2)6-4-14/h3-6,11,15H,7-10,12H2,1-2H3. The van der Waals surface area contributed by atoms with Crippen LogP contribution in [0.2, 0.25) is 0 Å². The molecule has 8 heteroatoms. The highest BCUT2D eigenvalue weighted by atomic mass is 32.1. The van der Waals surface area contributed by atoms with Crippen LogP contribution in [0.15, 0.2) is 35.1 Å². The lowest BCUT2D eigenvalue weighted by Gasteiger charge is -2.30. The van der Waals surface area contributed by atoms with E-state index < -0.39 is 0 Å². The van der Waals surface area contributed by atoms with Gasteiger partial charge in [-0.15, -0.1) is 0 Å². The number of methoxy groups -OCH3 is 1. The molecule has 28 heavy (non-hydrogen) atoms. The third-order valence-corrected chi connectivity index (χ3v) is 5.94. The van der Waals surface area contributed by atoms with Gasteiger partial charge in [0.2, 0.25) is 4.96 Å². The number of fused-ring (bicyclic) bond motifs is 1. The highest BCUT2D eigenvalue weighted by Gasteiger charge is 2.26. The Hall–Kier alpha value is -2.58. The third-order valence-electron chi connectivity index (χ3n) is 5.12. The zero-order valence-electron chi connectivity index (χ0n) is 15.9. The number of hydrogen-bond donors (Lipinski definition) is 0. The predicted octanol–water partition coefficient (Wildman–Crippen LogP) is 2.56. The molecule has 1 fully saturated rings. The van der Waals surface area contributed by atoms with E-state index in [4.69, 9.17) is 4.74 Å². The molecule has 7 nitrogen and oxygen atoms in total. The summed E-state index contributed by atoms with van der Waals surface area (Å²) >= 11 is 1.42. The van der Waals surface area contributed by atoms with E-state index in [1.807, 2.05) is 31.2 Å². The number of likely N-dealkylation sites (tertiary alicyclic amines) is 1. The van der Waals surface area contributed by atoms with Gasteiger partial charge in [0.05, 0.1) is 12.8 Å². The molecule has 1 aliphatic rings. The molecule has 0 amide bonds. The number of hydrogen-bond acceptors (Lipinski definition) is 7. The molecule has 4 rings (SSSR count). The molecule has 0 aliphatic carbocycles. The molecule has 0 radical (unpaired) electrons. The molecule has 0 unspecified atom stereocenters. The molecule has 146 valence electrons. The minimum atomic E-state index is -0.145. The van der Waals surface area contributed by atoms with Gasteiger partial charge in [0.1, 0.15) is 10.8 Å². The summed E-state index contributed by atoms with van der Waals surface area (Å²) in [5.74, 6) is 0.984. The first-order valence-corrected chi connectivity index (χ1v) is 10.1. The molecule has 1 saturated heterocycles. The monoisotopic (exact) mass is 398 g/mol. The van der Waals surface area contributed by atoms with Crippen molar-refractivity contribution in [3.05, 3.63) is 57.0 Å². The number of benzene rings is 1. The van der Waals surface area contributed by atoms with Crippen molar-refractivity contribution in [3.63, 3.8) is 0 Å². The Labute approximate surface area is 166 Å². The number of carbonyl (C=O) groups excluding carboxylic acids is 1. The molecule has 0 spiro atoms. The van der Waals surface area contributed by atoms with Gasteiger partial charge in [0.25, 0.3) is 5.56 Å². The molecule has 1 aromatic carbocycles. The number of ether oxygens (including phenoxy) is 1. The SMILES string of the molecule is COc1ccc(C(=O)C2CCN(Cc3cc(=O)n4nc(C)sc4n3)CC2)cc1. The van der Waals surface area contributed by atoms with E-state index in [9.17, 15) is 9.59 Å². The van der Waals surface area contributed by atoms with E-state index >= 15 is 0 Å². The smallest absolute Gasteiger partial charge is 0.275 e. The van der Waals surface area contributed by atoms with Crippen molar-refractivity contribution >= 4 is 22.1 Å². The van der Waals surface area contributed by atoms with Gasteiger partial charge in [-0.2, -0.15) is 9.61 Å². The number of piperidine rings is 1. The number of ketones is 1. The van der Waals surface area contributed by atoms with Crippen LogP contribution in [0.4, 0.5) is 0 Å². The second-order valence-electron chi connectivity index (χ2n) is 7.04. The fourth-order valence-corrected chi connectivity index (χ4v) is 4.37. The van der Waals surface area contributed by atoms with Gasteiger partial charge in [-0.1, -0.05) is 11.3 Å². The largest absolute Gasteiger partial charge is 0.497 e. The quantitative estimate of drug-likeness (QED) is 0.615. The van der Waals surface area contributed by atoms with E-state index in [1.165, 1.54) is 15.9 Å². The Kier molecular flexibility index (Phi) is 5.23. The van der Waals surface area contributed by atoms with Gasteiger partial charge in [0.15, 0.2) is 5.78 Å². The van der Waals surface area contributed by atoms with Crippen LogP contribution in [0.5, 0.6) is 5.75 Å². The molecular weight excluding hydrogens is 376 g/mol. The minimum Gasteiger partial charge on any atom is -0.497 e. The summed E-state index contributed by atoms with van der Waals surface area (Å²) in [7, 11) is 1.61. The summed E-state index contributed by atoms with van der Waals surface area (Å²) in [5, 5.41) is 4.99. The van der Waals surface area contributed by atoms with E-state index in [0.717, 1.165) is 47.9 Å². The fourth-order valence-electron chi connectivity index (χ4n) is 3.61. The summed E-state index contributed by atoms with van der Waals surface area (Å²) in [6.07, 6.45) is 1.62. The van der Waals surface area contributed by atoms with Gasteiger partial charge in [0, 0.05) is 24.1 Å². The summed E-state index contributed by atoms with van der Waals surface area (Å²) in [4.78, 5) is 32.4. The Morgan fingerprint density at radius 2 is 1.96 bits per heavy atom. The zero-order valence-corrected chi connectivity index (χ0v) is 16.7. The van der Waals surface area contributed by atoms with Crippen molar-refractivity contribution in [1.29, 1.82) is 0 Å². The molecule has 1 aliphatic heterocycles. The average molecular weight is 398 g/mol. The van der Waals surface area contributed by atoms with Gasteiger partial charge in [-0.05, 0) is 57.1 Å². The lowest BCUT2D eigenvalue weighted by atomic mass is 9.89.